The standard InChI is InChI=1S/C35H45N3O3/c1-25(2)34(41-5)20-9-26(3)30-14-12-28(13-15-30)24-38(35(40)31-16-18-33(39)19-17-31)32-8-6-7-27(21-32)10-11-29-22-36-37(4)23-29/h6-9,20-23,28,30-31,33,39H,3,12-19,24H2,1-2,4-5H3/b20-9-. The molecular formula is C35H45N3O3. The molecule has 4 rings (SSSR count). The topological polar surface area (TPSA) is 67.6 Å². The molecular weight excluding hydrogens is 510 g/mol. The van der Waals surface area contributed by atoms with Crippen LogP contribution in [-0.2, 0) is 16.6 Å². The van der Waals surface area contributed by atoms with Gasteiger partial charge in [-0.05, 0) is 107 Å². The normalized spacial score (nSPS) is 22.5. The van der Waals surface area contributed by atoms with Crippen LogP contribution in [0, 0.1) is 29.6 Å². The fraction of sp³-hybridized carbons (Fsp3) is 0.486. The number of hydrogen-bond donors (Lipinski definition) is 1. The third-order valence-corrected chi connectivity index (χ3v) is 8.50. The van der Waals surface area contributed by atoms with Crippen molar-refractivity contribution in [2.45, 2.75) is 71.3 Å². The van der Waals surface area contributed by atoms with Gasteiger partial charge in [-0.2, -0.15) is 5.10 Å². The van der Waals surface area contributed by atoms with Crippen LogP contribution in [0.25, 0.3) is 0 Å². The van der Waals surface area contributed by atoms with Gasteiger partial charge in [0.1, 0.15) is 5.76 Å². The predicted molar refractivity (Wildman–Crippen MR) is 165 cm³/mol. The van der Waals surface area contributed by atoms with Crippen molar-refractivity contribution in [2.24, 2.45) is 24.8 Å². The number of carbonyl (C=O) groups excluding carboxylic acids is 1. The van der Waals surface area contributed by atoms with E-state index in [2.05, 4.69) is 29.6 Å². The van der Waals surface area contributed by atoms with Crippen molar-refractivity contribution in [2.75, 3.05) is 18.6 Å². The van der Waals surface area contributed by atoms with E-state index in [1.807, 2.05) is 62.3 Å². The summed E-state index contributed by atoms with van der Waals surface area (Å²) in [7, 11) is 3.58. The molecule has 1 N–H and O–H groups in total. The lowest BCUT2D eigenvalue weighted by Gasteiger charge is -2.36. The lowest BCUT2D eigenvalue weighted by molar-refractivity contribution is -0.124. The summed E-state index contributed by atoms with van der Waals surface area (Å²) in [6.45, 7) is 9.15. The van der Waals surface area contributed by atoms with Gasteiger partial charge in [-0.3, -0.25) is 9.48 Å². The number of aliphatic hydroxyl groups excluding tert-OH is 1. The maximum absolute atomic E-state index is 13.9. The van der Waals surface area contributed by atoms with E-state index < -0.39 is 0 Å². The Morgan fingerprint density at radius 1 is 1.07 bits per heavy atom. The summed E-state index contributed by atoms with van der Waals surface area (Å²) < 4.78 is 7.20. The Morgan fingerprint density at radius 2 is 1.76 bits per heavy atom. The van der Waals surface area contributed by atoms with E-state index in [1.54, 1.807) is 18.0 Å². The summed E-state index contributed by atoms with van der Waals surface area (Å²) >= 11 is 0. The van der Waals surface area contributed by atoms with Gasteiger partial charge < -0.3 is 14.7 Å². The molecule has 0 unspecified atom stereocenters. The zero-order valence-electron chi connectivity index (χ0n) is 25.1. The Hall–Kier alpha value is -3.56. The molecule has 0 radical (unpaired) electrons. The maximum Gasteiger partial charge on any atom is 0.230 e. The number of benzene rings is 1. The van der Waals surface area contributed by atoms with Gasteiger partial charge in [-0.15, -0.1) is 0 Å². The number of nitrogens with zero attached hydrogens (tertiary/aromatic N) is 3. The van der Waals surface area contributed by atoms with Gasteiger partial charge in [0.25, 0.3) is 0 Å². The van der Waals surface area contributed by atoms with Gasteiger partial charge >= 0.3 is 0 Å². The van der Waals surface area contributed by atoms with Gasteiger partial charge in [0, 0.05) is 37.0 Å². The van der Waals surface area contributed by atoms with Crippen molar-refractivity contribution in [1.29, 1.82) is 0 Å². The molecule has 1 aromatic carbocycles. The summed E-state index contributed by atoms with van der Waals surface area (Å²) in [5.41, 5.74) is 4.93. The SMILES string of the molecule is C=C(/C=C\C(OC)=C(C)C)C1CCC(CN(C(=O)C2CCC(O)CC2)c2cccc(C#Cc3cnn(C)c3)c2)CC1. The first-order valence-corrected chi connectivity index (χ1v) is 14.9. The molecule has 2 fully saturated rings. The summed E-state index contributed by atoms with van der Waals surface area (Å²) in [5.74, 6) is 8.32. The lowest BCUT2D eigenvalue weighted by Crippen LogP contribution is -2.42. The number of rotatable bonds is 8. The highest BCUT2D eigenvalue weighted by atomic mass is 16.5. The maximum atomic E-state index is 13.9. The van der Waals surface area contributed by atoms with Gasteiger partial charge in [0.2, 0.25) is 5.91 Å². The molecule has 0 bridgehead atoms. The van der Waals surface area contributed by atoms with Crippen LogP contribution >= 0.6 is 0 Å². The summed E-state index contributed by atoms with van der Waals surface area (Å²) in [6.07, 6.45) is 14.6. The minimum absolute atomic E-state index is 0.0464. The molecule has 1 amide bonds. The van der Waals surface area contributed by atoms with E-state index in [1.165, 1.54) is 0 Å². The smallest absolute Gasteiger partial charge is 0.230 e. The Bertz CT molecular complexity index is 1320. The van der Waals surface area contributed by atoms with Gasteiger partial charge in [0.15, 0.2) is 0 Å². The first-order valence-electron chi connectivity index (χ1n) is 14.9. The number of anilines is 1. The highest BCUT2D eigenvalue weighted by molar-refractivity contribution is 5.95. The van der Waals surface area contributed by atoms with Gasteiger partial charge in [-0.1, -0.05) is 36.1 Å². The van der Waals surface area contributed by atoms with Crippen LogP contribution < -0.4 is 4.90 Å². The van der Waals surface area contributed by atoms with Crippen LogP contribution in [0.4, 0.5) is 5.69 Å². The summed E-state index contributed by atoms with van der Waals surface area (Å²) in [6, 6.07) is 8.04. The molecule has 2 aliphatic rings. The van der Waals surface area contributed by atoms with E-state index >= 15 is 0 Å². The van der Waals surface area contributed by atoms with Gasteiger partial charge in [0.05, 0.1) is 25.0 Å². The molecule has 2 aromatic rings. The van der Waals surface area contributed by atoms with Crippen LogP contribution in [-0.4, -0.2) is 40.6 Å². The van der Waals surface area contributed by atoms with Crippen LogP contribution in [0.5, 0.6) is 0 Å². The minimum Gasteiger partial charge on any atom is -0.497 e. The molecule has 0 spiro atoms. The second-order valence-corrected chi connectivity index (χ2v) is 11.9. The van der Waals surface area contributed by atoms with E-state index in [0.717, 1.165) is 72.2 Å². The zero-order valence-corrected chi connectivity index (χ0v) is 25.1. The number of methoxy groups -OCH3 is 1. The number of amides is 1. The van der Waals surface area contributed by atoms with E-state index in [9.17, 15) is 9.90 Å². The molecule has 1 aromatic heterocycles. The second kappa shape index (κ2) is 14.4. The van der Waals surface area contributed by atoms with Crippen molar-refractivity contribution in [3.63, 3.8) is 0 Å². The number of ether oxygens (including phenoxy) is 1. The average Bonchev–Trinajstić information content (AvgIpc) is 3.40. The number of carbonyl (C=O) groups is 1. The molecule has 0 atom stereocenters. The van der Waals surface area contributed by atoms with Crippen LogP contribution in [0.15, 0.2) is 72.3 Å². The van der Waals surface area contributed by atoms with Gasteiger partial charge in [-0.25, -0.2) is 0 Å². The van der Waals surface area contributed by atoms with Crippen LogP contribution in [0.3, 0.4) is 0 Å². The first-order chi connectivity index (χ1) is 19.7. The molecule has 0 saturated heterocycles. The summed E-state index contributed by atoms with van der Waals surface area (Å²) in [4.78, 5) is 15.9. The molecule has 41 heavy (non-hydrogen) atoms. The first kappa shape index (κ1) is 30.4. The Balaban J connectivity index is 1.47. The molecule has 1 heterocycles. The second-order valence-electron chi connectivity index (χ2n) is 11.9. The highest BCUT2D eigenvalue weighted by Crippen LogP contribution is 2.36. The Morgan fingerprint density at radius 3 is 2.39 bits per heavy atom. The van der Waals surface area contributed by atoms with Crippen LogP contribution in [0.1, 0.15) is 76.3 Å². The van der Waals surface area contributed by atoms with Crippen LogP contribution in [0.2, 0.25) is 0 Å². The van der Waals surface area contributed by atoms with Crippen molar-refractivity contribution in [1.82, 2.24) is 9.78 Å². The van der Waals surface area contributed by atoms with E-state index in [4.69, 9.17) is 4.74 Å². The third kappa shape index (κ3) is 8.47. The van der Waals surface area contributed by atoms with E-state index in [-0.39, 0.29) is 17.9 Å². The number of hydrogen-bond acceptors (Lipinski definition) is 4. The van der Waals surface area contributed by atoms with E-state index in [0.29, 0.717) is 31.2 Å². The minimum atomic E-state index is -0.285. The fourth-order valence-electron chi connectivity index (χ4n) is 5.98. The monoisotopic (exact) mass is 555 g/mol. The molecule has 0 aliphatic heterocycles. The van der Waals surface area contributed by atoms with Crippen molar-refractivity contribution >= 4 is 11.6 Å². The molecule has 218 valence electrons. The average molecular weight is 556 g/mol. The Kier molecular flexibility index (Phi) is 10.7. The Labute approximate surface area is 245 Å². The number of aromatic nitrogens is 2. The quantitative estimate of drug-likeness (QED) is 0.228. The fourth-order valence-corrected chi connectivity index (χ4v) is 5.98. The highest BCUT2D eigenvalue weighted by Gasteiger charge is 2.32. The molecule has 2 aliphatic carbocycles. The number of aliphatic hydroxyl groups is 1. The number of allylic oxidation sites excluding steroid dienone is 4. The molecule has 6 heteroatoms. The largest absolute Gasteiger partial charge is 0.497 e. The molecule has 6 nitrogen and oxygen atoms in total. The zero-order chi connectivity index (χ0) is 29.4. The summed E-state index contributed by atoms with van der Waals surface area (Å²) in [5, 5.41) is 14.2. The number of aryl methyl sites for hydroxylation is 1. The lowest BCUT2D eigenvalue weighted by atomic mass is 9.78. The molecule has 2 saturated carbocycles. The predicted octanol–water partition coefficient (Wildman–Crippen LogP) is 6.56. The van der Waals surface area contributed by atoms with Crippen molar-refractivity contribution in [3.8, 4) is 11.8 Å². The van der Waals surface area contributed by atoms with Crippen molar-refractivity contribution in [3.05, 3.63) is 83.4 Å². The van der Waals surface area contributed by atoms with Crippen molar-refractivity contribution < 1.29 is 14.6 Å². The third-order valence-electron chi connectivity index (χ3n) is 8.50.